The van der Waals surface area contributed by atoms with Gasteiger partial charge in [0.2, 0.25) is 0 Å². The van der Waals surface area contributed by atoms with Gasteiger partial charge in [-0.2, -0.15) is 23.4 Å². The summed E-state index contributed by atoms with van der Waals surface area (Å²) in [7, 11) is 1.92. The lowest BCUT2D eigenvalue weighted by Gasteiger charge is -2.20. The van der Waals surface area contributed by atoms with Crippen LogP contribution in [0.4, 0.5) is 14.6 Å². The summed E-state index contributed by atoms with van der Waals surface area (Å²) in [5.41, 5.74) is 1.80. The number of alkyl halides is 2. The number of benzene rings is 1. The molecule has 0 saturated carbocycles. The predicted octanol–water partition coefficient (Wildman–Crippen LogP) is 2.67. The molecule has 0 aliphatic heterocycles. The van der Waals surface area contributed by atoms with Crippen molar-refractivity contribution >= 4 is 11.6 Å². The lowest BCUT2D eigenvalue weighted by Crippen LogP contribution is -2.20. The molecule has 1 aromatic carbocycles. The summed E-state index contributed by atoms with van der Waals surface area (Å²) >= 11 is 0. The van der Waals surface area contributed by atoms with Crippen LogP contribution in [0.15, 0.2) is 36.7 Å². The SMILES string of the molecule is Cc1cc(N(C)Cc2ccc(OC(F)F)cc2)n2ncnc2n1. The van der Waals surface area contributed by atoms with Crippen molar-refractivity contribution < 1.29 is 13.5 Å². The number of hydrogen-bond acceptors (Lipinski definition) is 5. The minimum absolute atomic E-state index is 0.143. The number of ether oxygens (including phenoxy) is 1. The van der Waals surface area contributed by atoms with Gasteiger partial charge in [-0.15, -0.1) is 0 Å². The molecule has 0 spiro atoms. The van der Waals surface area contributed by atoms with Crippen molar-refractivity contribution in [3.8, 4) is 5.75 Å². The van der Waals surface area contributed by atoms with Crippen LogP contribution in [-0.2, 0) is 6.54 Å². The highest BCUT2D eigenvalue weighted by atomic mass is 19.3. The Morgan fingerprint density at radius 2 is 2.00 bits per heavy atom. The van der Waals surface area contributed by atoms with Crippen molar-refractivity contribution in [3.63, 3.8) is 0 Å². The van der Waals surface area contributed by atoms with Crippen LogP contribution in [0.25, 0.3) is 5.78 Å². The molecule has 8 heteroatoms. The molecule has 3 rings (SSSR count). The van der Waals surface area contributed by atoms with Gasteiger partial charge in [-0.25, -0.2) is 4.98 Å². The first-order valence-corrected chi connectivity index (χ1v) is 6.95. The summed E-state index contributed by atoms with van der Waals surface area (Å²) < 4.78 is 30.3. The van der Waals surface area contributed by atoms with Crippen LogP contribution >= 0.6 is 0 Å². The molecule has 2 aromatic heterocycles. The Kier molecular flexibility index (Phi) is 4.05. The molecule has 0 fully saturated rings. The number of fused-ring (bicyclic) bond motifs is 1. The Bertz CT molecular complexity index is 803. The molecular formula is C15H15F2N5O. The Morgan fingerprint density at radius 1 is 1.26 bits per heavy atom. The fourth-order valence-corrected chi connectivity index (χ4v) is 2.31. The maximum absolute atomic E-state index is 12.2. The minimum Gasteiger partial charge on any atom is -0.435 e. The first-order chi connectivity index (χ1) is 11.0. The summed E-state index contributed by atoms with van der Waals surface area (Å²) in [6, 6.07) is 8.47. The number of rotatable bonds is 5. The fourth-order valence-electron chi connectivity index (χ4n) is 2.31. The molecule has 0 atom stereocenters. The molecule has 0 amide bonds. The van der Waals surface area contributed by atoms with Gasteiger partial charge in [0.25, 0.3) is 5.78 Å². The van der Waals surface area contributed by atoms with Crippen molar-refractivity contribution in [2.45, 2.75) is 20.1 Å². The molecule has 0 aliphatic rings. The topological polar surface area (TPSA) is 55.6 Å². The Labute approximate surface area is 131 Å². The third-order valence-electron chi connectivity index (χ3n) is 3.32. The van der Waals surface area contributed by atoms with Crippen LogP contribution in [0.5, 0.6) is 5.75 Å². The maximum Gasteiger partial charge on any atom is 0.387 e. The van der Waals surface area contributed by atoms with Crippen molar-refractivity contribution in [3.05, 3.63) is 47.9 Å². The molecule has 2 heterocycles. The summed E-state index contributed by atoms with van der Waals surface area (Å²) in [4.78, 5) is 10.4. The van der Waals surface area contributed by atoms with Gasteiger partial charge in [0.15, 0.2) is 0 Å². The third-order valence-corrected chi connectivity index (χ3v) is 3.32. The maximum atomic E-state index is 12.2. The first-order valence-electron chi connectivity index (χ1n) is 6.95. The molecule has 6 nitrogen and oxygen atoms in total. The highest BCUT2D eigenvalue weighted by Gasteiger charge is 2.11. The second-order valence-electron chi connectivity index (χ2n) is 5.11. The van der Waals surface area contributed by atoms with Crippen LogP contribution in [0.2, 0.25) is 0 Å². The quantitative estimate of drug-likeness (QED) is 0.724. The second kappa shape index (κ2) is 6.15. The molecule has 0 aliphatic carbocycles. The van der Waals surface area contributed by atoms with E-state index in [1.807, 2.05) is 24.9 Å². The highest BCUT2D eigenvalue weighted by Crippen LogP contribution is 2.19. The van der Waals surface area contributed by atoms with E-state index in [0.29, 0.717) is 12.3 Å². The molecule has 0 saturated heterocycles. The van der Waals surface area contributed by atoms with Gasteiger partial charge in [-0.3, -0.25) is 0 Å². The van der Waals surface area contributed by atoms with Crippen molar-refractivity contribution in [2.75, 3.05) is 11.9 Å². The van der Waals surface area contributed by atoms with Gasteiger partial charge in [0, 0.05) is 25.4 Å². The second-order valence-corrected chi connectivity index (χ2v) is 5.11. The summed E-state index contributed by atoms with van der Waals surface area (Å²) in [5.74, 6) is 1.52. The van der Waals surface area contributed by atoms with Gasteiger partial charge >= 0.3 is 6.61 Å². The standard InChI is InChI=1S/C15H15F2N5O/c1-10-7-13(22-15(20-10)18-9-19-22)21(2)8-11-3-5-12(6-4-11)23-14(16)17/h3-7,9,14H,8H2,1-2H3. The fraction of sp³-hybridized carbons (Fsp3) is 0.267. The predicted molar refractivity (Wildman–Crippen MR) is 80.7 cm³/mol. The van der Waals surface area contributed by atoms with E-state index in [1.54, 1.807) is 16.6 Å². The van der Waals surface area contributed by atoms with Crippen LogP contribution in [-0.4, -0.2) is 33.2 Å². The van der Waals surface area contributed by atoms with Gasteiger partial charge < -0.3 is 9.64 Å². The van der Waals surface area contributed by atoms with Crippen LogP contribution in [0.3, 0.4) is 0 Å². The monoisotopic (exact) mass is 319 g/mol. The molecule has 0 N–H and O–H groups in total. The van der Waals surface area contributed by atoms with Gasteiger partial charge in [-0.1, -0.05) is 12.1 Å². The number of halogens is 2. The number of aryl methyl sites for hydroxylation is 1. The Balaban J connectivity index is 1.80. The zero-order valence-electron chi connectivity index (χ0n) is 12.6. The number of nitrogens with zero attached hydrogens (tertiary/aromatic N) is 5. The third kappa shape index (κ3) is 3.36. The number of hydrogen-bond donors (Lipinski definition) is 0. The summed E-state index contributed by atoms with van der Waals surface area (Å²) in [5, 5.41) is 4.17. The first kappa shape index (κ1) is 15.1. The van der Waals surface area contributed by atoms with Gasteiger partial charge in [0.1, 0.15) is 17.9 Å². The van der Waals surface area contributed by atoms with E-state index < -0.39 is 6.61 Å². The Hall–Kier alpha value is -2.77. The van der Waals surface area contributed by atoms with E-state index in [-0.39, 0.29) is 5.75 Å². The summed E-state index contributed by atoms with van der Waals surface area (Å²) in [6.07, 6.45) is 1.45. The number of anilines is 1. The van der Waals surface area contributed by atoms with Crippen molar-refractivity contribution in [1.29, 1.82) is 0 Å². The molecule has 23 heavy (non-hydrogen) atoms. The molecule has 120 valence electrons. The van der Waals surface area contributed by atoms with Gasteiger partial charge in [-0.05, 0) is 24.6 Å². The lowest BCUT2D eigenvalue weighted by molar-refractivity contribution is -0.0498. The van der Waals surface area contributed by atoms with E-state index in [9.17, 15) is 8.78 Å². The molecule has 0 unspecified atom stereocenters. The lowest BCUT2D eigenvalue weighted by atomic mass is 10.2. The molecule has 0 radical (unpaired) electrons. The van der Waals surface area contributed by atoms with E-state index in [4.69, 9.17) is 0 Å². The Morgan fingerprint density at radius 3 is 2.70 bits per heavy atom. The highest BCUT2D eigenvalue weighted by molar-refractivity contribution is 5.47. The normalized spacial score (nSPS) is 11.2. The van der Waals surface area contributed by atoms with Gasteiger partial charge in [0.05, 0.1) is 0 Å². The molecular weight excluding hydrogens is 304 g/mol. The van der Waals surface area contributed by atoms with E-state index >= 15 is 0 Å². The largest absolute Gasteiger partial charge is 0.435 e. The van der Waals surface area contributed by atoms with Crippen LogP contribution < -0.4 is 9.64 Å². The number of aromatic nitrogens is 4. The average Bonchev–Trinajstić information content (AvgIpc) is 2.95. The summed E-state index contributed by atoms with van der Waals surface area (Å²) in [6.45, 7) is -0.348. The van der Waals surface area contributed by atoms with Crippen LogP contribution in [0.1, 0.15) is 11.3 Å². The van der Waals surface area contributed by atoms with E-state index in [0.717, 1.165) is 17.1 Å². The zero-order chi connectivity index (χ0) is 16.4. The van der Waals surface area contributed by atoms with E-state index in [2.05, 4.69) is 19.8 Å². The minimum atomic E-state index is -2.82. The van der Waals surface area contributed by atoms with E-state index in [1.165, 1.54) is 18.5 Å². The van der Waals surface area contributed by atoms with Crippen LogP contribution in [0, 0.1) is 6.92 Å². The average molecular weight is 319 g/mol. The smallest absolute Gasteiger partial charge is 0.387 e. The molecule has 0 bridgehead atoms. The zero-order valence-corrected chi connectivity index (χ0v) is 12.6. The van der Waals surface area contributed by atoms with Crippen molar-refractivity contribution in [2.24, 2.45) is 0 Å². The van der Waals surface area contributed by atoms with Crippen molar-refractivity contribution in [1.82, 2.24) is 19.6 Å². The molecule has 3 aromatic rings.